The zero-order chi connectivity index (χ0) is 19.8. The molecule has 11 heteroatoms. The van der Waals surface area contributed by atoms with Gasteiger partial charge in [0, 0.05) is 32.2 Å². The summed E-state index contributed by atoms with van der Waals surface area (Å²) in [6.45, 7) is 0.658. The number of piperazine rings is 1. The van der Waals surface area contributed by atoms with Crippen molar-refractivity contribution in [2.75, 3.05) is 26.2 Å². The molecule has 1 heterocycles. The van der Waals surface area contributed by atoms with Gasteiger partial charge in [0.1, 0.15) is 0 Å². The van der Waals surface area contributed by atoms with Crippen molar-refractivity contribution >= 4 is 0 Å². The molecule has 0 amide bonds. The van der Waals surface area contributed by atoms with Crippen LogP contribution in [0.1, 0.15) is 29.2 Å². The molecule has 0 spiro atoms. The first-order valence-corrected chi connectivity index (χ1v) is 7.59. The number of alkyl halides is 9. The van der Waals surface area contributed by atoms with E-state index in [0.717, 1.165) is 0 Å². The van der Waals surface area contributed by atoms with Gasteiger partial charge in [-0.05, 0) is 17.7 Å². The SMILES string of the molecule is FC(F)(F)C[C@@H](c1ccc(C(F)(F)F)cc1C(F)(F)F)N1CCNCC1. The van der Waals surface area contributed by atoms with Gasteiger partial charge in [0.15, 0.2) is 0 Å². The molecule has 1 atom stereocenters. The van der Waals surface area contributed by atoms with Gasteiger partial charge in [0.25, 0.3) is 0 Å². The Kier molecular flexibility index (Phi) is 5.81. The van der Waals surface area contributed by atoms with Gasteiger partial charge < -0.3 is 5.32 Å². The van der Waals surface area contributed by atoms with Crippen LogP contribution in [0.15, 0.2) is 18.2 Å². The molecule has 1 saturated heterocycles. The first kappa shape index (κ1) is 20.8. The molecular formula is C15H15F9N2. The molecular weight excluding hydrogens is 379 g/mol. The highest BCUT2D eigenvalue weighted by atomic mass is 19.4. The fraction of sp³-hybridized carbons (Fsp3) is 0.600. The predicted octanol–water partition coefficient (Wildman–Crippen LogP) is 4.62. The van der Waals surface area contributed by atoms with Crippen molar-refractivity contribution in [1.82, 2.24) is 10.2 Å². The molecule has 1 aliphatic rings. The average molecular weight is 394 g/mol. The normalized spacial score (nSPS) is 18.8. The fourth-order valence-electron chi connectivity index (χ4n) is 2.92. The first-order chi connectivity index (χ1) is 11.8. The standard InChI is InChI=1S/C15H15F9N2/c16-13(17,18)8-12(26-5-3-25-4-6-26)10-2-1-9(14(19,20)21)7-11(10)15(22,23)24/h1-2,7,12,25H,3-6,8H2/t12-/m0/s1. The molecule has 1 aliphatic heterocycles. The number of halogens is 9. The van der Waals surface area contributed by atoms with E-state index in [0.29, 0.717) is 12.1 Å². The minimum absolute atomic E-state index is 0.0546. The van der Waals surface area contributed by atoms with E-state index in [4.69, 9.17) is 0 Å². The smallest absolute Gasteiger partial charge is 0.314 e. The van der Waals surface area contributed by atoms with Crippen molar-refractivity contribution < 1.29 is 39.5 Å². The second kappa shape index (κ2) is 7.26. The largest absolute Gasteiger partial charge is 0.416 e. The Balaban J connectivity index is 2.55. The topological polar surface area (TPSA) is 15.3 Å². The Bertz CT molecular complexity index is 613. The molecule has 0 unspecified atom stereocenters. The van der Waals surface area contributed by atoms with Gasteiger partial charge in [0.2, 0.25) is 0 Å². The van der Waals surface area contributed by atoms with E-state index in [2.05, 4.69) is 5.32 Å². The lowest BCUT2D eigenvalue weighted by molar-refractivity contribution is -0.154. The molecule has 26 heavy (non-hydrogen) atoms. The minimum Gasteiger partial charge on any atom is -0.314 e. The van der Waals surface area contributed by atoms with Crippen LogP contribution in [-0.4, -0.2) is 37.3 Å². The Morgan fingerprint density at radius 2 is 1.46 bits per heavy atom. The van der Waals surface area contributed by atoms with Crippen LogP contribution < -0.4 is 5.32 Å². The molecule has 0 saturated carbocycles. The third-order valence-electron chi connectivity index (χ3n) is 4.06. The van der Waals surface area contributed by atoms with E-state index in [1.165, 1.54) is 4.90 Å². The summed E-state index contributed by atoms with van der Waals surface area (Å²) in [7, 11) is 0. The maximum Gasteiger partial charge on any atom is 0.416 e. The molecule has 0 aliphatic carbocycles. The second-order valence-corrected chi connectivity index (χ2v) is 5.92. The van der Waals surface area contributed by atoms with E-state index in [-0.39, 0.29) is 32.2 Å². The summed E-state index contributed by atoms with van der Waals surface area (Å²) in [5.74, 6) is 0. The van der Waals surface area contributed by atoms with Crippen molar-refractivity contribution in [2.24, 2.45) is 0 Å². The summed E-state index contributed by atoms with van der Waals surface area (Å²) in [5.41, 5.74) is -4.05. The van der Waals surface area contributed by atoms with Gasteiger partial charge in [-0.3, -0.25) is 4.90 Å². The number of hydrogen-bond donors (Lipinski definition) is 1. The predicted molar refractivity (Wildman–Crippen MR) is 74.3 cm³/mol. The van der Waals surface area contributed by atoms with E-state index in [1.54, 1.807) is 0 Å². The van der Waals surface area contributed by atoms with Crippen LogP contribution in [0, 0.1) is 0 Å². The van der Waals surface area contributed by atoms with Crippen molar-refractivity contribution in [3.05, 3.63) is 34.9 Å². The van der Waals surface area contributed by atoms with E-state index in [9.17, 15) is 39.5 Å². The van der Waals surface area contributed by atoms with Gasteiger partial charge in [-0.15, -0.1) is 0 Å². The zero-order valence-electron chi connectivity index (χ0n) is 13.2. The fourth-order valence-corrected chi connectivity index (χ4v) is 2.92. The lowest BCUT2D eigenvalue weighted by Gasteiger charge is -2.36. The van der Waals surface area contributed by atoms with Crippen LogP contribution in [0.4, 0.5) is 39.5 Å². The Morgan fingerprint density at radius 1 is 0.885 bits per heavy atom. The van der Waals surface area contributed by atoms with E-state index < -0.39 is 47.7 Å². The maximum absolute atomic E-state index is 13.3. The van der Waals surface area contributed by atoms with Crippen LogP contribution in [0.5, 0.6) is 0 Å². The van der Waals surface area contributed by atoms with Crippen molar-refractivity contribution in [1.29, 1.82) is 0 Å². The molecule has 1 aromatic carbocycles. The van der Waals surface area contributed by atoms with Crippen LogP contribution in [0.2, 0.25) is 0 Å². The molecule has 0 aromatic heterocycles. The quantitative estimate of drug-likeness (QED) is 0.753. The monoisotopic (exact) mass is 394 g/mol. The average Bonchev–Trinajstić information content (AvgIpc) is 2.50. The van der Waals surface area contributed by atoms with Crippen molar-refractivity contribution in [2.45, 2.75) is 31.0 Å². The van der Waals surface area contributed by atoms with Gasteiger partial charge in [-0.1, -0.05) is 6.07 Å². The lowest BCUT2D eigenvalue weighted by atomic mass is 9.93. The summed E-state index contributed by atoms with van der Waals surface area (Å²) in [6, 6.07) is -0.947. The first-order valence-electron chi connectivity index (χ1n) is 7.59. The summed E-state index contributed by atoms with van der Waals surface area (Å²) in [5, 5.41) is 2.86. The zero-order valence-corrected chi connectivity index (χ0v) is 13.2. The molecule has 0 bridgehead atoms. The highest BCUT2D eigenvalue weighted by Crippen LogP contribution is 2.43. The highest BCUT2D eigenvalue weighted by molar-refractivity contribution is 5.38. The van der Waals surface area contributed by atoms with Crippen molar-refractivity contribution in [3.63, 3.8) is 0 Å². The van der Waals surface area contributed by atoms with Gasteiger partial charge in [-0.25, -0.2) is 0 Å². The Labute approximate surface area is 143 Å². The van der Waals surface area contributed by atoms with Crippen LogP contribution in [0.3, 0.4) is 0 Å². The molecule has 1 N–H and O–H groups in total. The molecule has 1 aromatic rings. The van der Waals surface area contributed by atoms with E-state index >= 15 is 0 Å². The third-order valence-corrected chi connectivity index (χ3v) is 4.06. The number of hydrogen-bond acceptors (Lipinski definition) is 2. The van der Waals surface area contributed by atoms with Crippen LogP contribution in [-0.2, 0) is 12.4 Å². The third kappa shape index (κ3) is 5.26. The number of nitrogens with zero attached hydrogens (tertiary/aromatic N) is 1. The Hall–Kier alpha value is -1.49. The molecule has 0 radical (unpaired) electrons. The summed E-state index contributed by atoms with van der Waals surface area (Å²) in [6.07, 6.45) is -16.6. The molecule has 2 nitrogen and oxygen atoms in total. The van der Waals surface area contributed by atoms with Crippen molar-refractivity contribution in [3.8, 4) is 0 Å². The van der Waals surface area contributed by atoms with Gasteiger partial charge in [0.05, 0.1) is 17.5 Å². The van der Waals surface area contributed by atoms with Crippen LogP contribution in [0.25, 0.3) is 0 Å². The van der Waals surface area contributed by atoms with E-state index in [1.807, 2.05) is 0 Å². The number of rotatable bonds is 3. The molecule has 1 fully saturated rings. The highest BCUT2D eigenvalue weighted by Gasteiger charge is 2.43. The Morgan fingerprint density at radius 3 is 1.92 bits per heavy atom. The minimum atomic E-state index is -5.21. The molecule has 148 valence electrons. The lowest BCUT2D eigenvalue weighted by Crippen LogP contribution is -2.46. The van der Waals surface area contributed by atoms with Gasteiger partial charge in [-0.2, -0.15) is 39.5 Å². The summed E-state index contributed by atoms with van der Waals surface area (Å²) < 4.78 is 117. The number of benzene rings is 1. The van der Waals surface area contributed by atoms with Crippen LogP contribution >= 0.6 is 0 Å². The molecule has 2 rings (SSSR count). The second-order valence-electron chi connectivity index (χ2n) is 5.92. The van der Waals surface area contributed by atoms with Gasteiger partial charge >= 0.3 is 18.5 Å². The number of nitrogens with one attached hydrogen (secondary N) is 1. The maximum atomic E-state index is 13.3. The summed E-state index contributed by atoms with van der Waals surface area (Å²) >= 11 is 0. The summed E-state index contributed by atoms with van der Waals surface area (Å²) in [4.78, 5) is 1.21.